The molecule has 0 radical (unpaired) electrons. The third kappa shape index (κ3) is 7.27. The Morgan fingerprint density at radius 3 is 1.67 bits per heavy atom. The van der Waals surface area contributed by atoms with Gasteiger partial charge in [0.05, 0.1) is 0 Å². The Hall–Kier alpha value is -2.97. The molecule has 4 nitrogen and oxygen atoms in total. The highest BCUT2D eigenvalue weighted by atomic mass is 31.1. The third-order valence-electron chi connectivity index (χ3n) is 5.28. The van der Waals surface area contributed by atoms with Crippen LogP contribution in [0.15, 0.2) is 72.8 Å². The molecule has 0 aliphatic heterocycles. The summed E-state index contributed by atoms with van der Waals surface area (Å²) in [5, 5.41) is 2.64. The summed E-state index contributed by atoms with van der Waals surface area (Å²) in [4.78, 5) is 23.6. The predicted molar refractivity (Wildman–Crippen MR) is 135 cm³/mol. The van der Waals surface area contributed by atoms with Crippen LogP contribution >= 0.6 is 7.92 Å². The van der Waals surface area contributed by atoms with Crippen LogP contribution in [0.3, 0.4) is 0 Å². The Morgan fingerprint density at radius 2 is 1.24 bits per heavy atom. The van der Waals surface area contributed by atoms with Gasteiger partial charge in [0.1, 0.15) is 11.5 Å². The lowest BCUT2D eigenvalue weighted by Gasteiger charge is -2.20. The number of aryl methyl sites for hydroxylation is 1. The van der Waals surface area contributed by atoms with Gasteiger partial charge in [-0.15, -0.1) is 0 Å². The van der Waals surface area contributed by atoms with E-state index in [4.69, 9.17) is 9.47 Å². The van der Waals surface area contributed by atoms with Gasteiger partial charge in [-0.1, -0.05) is 74.0 Å². The second-order valence-electron chi connectivity index (χ2n) is 7.93. The number of esters is 2. The molecule has 5 heteroatoms. The maximum atomic E-state index is 11.8. The fourth-order valence-electron chi connectivity index (χ4n) is 3.77. The SMILES string of the molecule is CCCCc1c(OC(C)=O)cc(CCP(c2ccccc2)c2ccccc2)cc1OC(C)=O. The second-order valence-corrected chi connectivity index (χ2v) is 10.3. The fourth-order valence-corrected chi connectivity index (χ4v) is 6.13. The van der Waals surface area contributed by atoms with Crippen molar-refractivity contribution < 1.29 is 19.1 Å². The molecule has 0 saturated heterocycles. The highest BCUT2D eigenvalue weighted by Gasteiger charge is 2.18. The molecule has 0 atom stereocenters. The smallest absolute Gasteiger partial charge is 0.308 e. The maximum Gasteiger partial charge on any atom is 0.308 e. The van der Waals surface area contributed by atoms with Gasteiger partial charge in [0.2, 0.25) is 0 Å². The lowest BCUT2D eigenvalue weighted by Crippen LogP contribution is -2.15. The number of hydrogen-bond donors (Lipinski definition) is 0. The quantitative estimate of drug-likeness (QED) is 0.225. The van der Waals surface area contributed by atoms with Crippen molar-refractivity contribution in [3.63, 3.8) is 0 Å². The van der Waals surface area contributed by atoms with Crippen molar-refractivity contribution in [2.75, 3.05) is 6.16 Å². The number of carbonyl (C=O) groups excluding carboxylic acids is 2. The second kappa shape index (κ2) is 12.3. The van der Waals surface area contributed by atoms with Crippen LogP contribution < -0.4 is 20.1 Å². The molecular formula is C28H31O4P. The third-order valence-corrected chi connectivity index (χ3v) is 7.79. The van der Waals surface area contributed by atoms with Crippen LogP contribution in [0.1, 0.15) is 44.7 Å². The first-order valence-electron chi connectivity index (χ1n) is 11.4. The van der Waals surface area contributed by atoms with Crippen molar-refractivity contribution in [1.29, 1.82) is 0 Å². The van der Waals surface area contributed by atoms with E-state index in [1.807, 2.05) is 24.3 Å². The Morgan fingerprint density at radius 1 is 0.758 bits per heavy atom. The van der Waals surface area contributed by atoms with Gasteiger partial charge in [0.25, 0.3) is 0 Å². The molecule has 0 spiro atoms. The monoisotopic (exact) mass is 462 g/mol. The summed E-state index contributed by atoms with van der Waals surface area (Å²) in [6, 6.07) is 25.0. The first-order chi connectivity index (χ1) is 16.0. The first kappa shape index (κ1) is 24.7. The minimum Gasteiger partial charge on any atom is -0.426 e. The van der Waals surface area contributed by atoms with Gasteiger partial charge in [-0.05, 0) is 61.7 Å². The highest BCUT2D eigenvalue weighted by Crippen LogP contribution is 2.37. The minimum atomic E-state index is -0.560. The molecule has 33 heavy (non-hydrogen) atoms. The molecule has 0 N–H and O–H groups in total. The standard InChI is InChI=1S/C28H31O4P/c1-4-5-16-26-27(31-21(2)29)19-23(20-28(26)32-22(3)30)17-18-33(24-12-8-6-9-13-24)25-14-10-7-11-15-25/h6-15,19-20H,4-5,16-18H2,1-3H3. The van der Waals surface area contributed by atoms with Crippen LogP contribution in [0.5, 0.6) is 11.5 Å². The molecule has 0 unspecified atom stereocenters. The minimum absolute atomic E-state index is 0.380. The van der Waals surface area contributed by atoms with E-state index >= 15 is 0 Å². The van der Waals surface area contributed by atoms with Gasteiger partial charge in [-0.2, -0.15) is 0 Å². The summed E-state index contributed by atoms with van der Waals surface area (Å²) in [5.41, 5.74) is 1.77. The van der Waals surface area contributed by atoms with Crippen molar-refractivity contribution >= 4 is 30.5 Å². The Labute approximate surface area is 197 Å². The largest absolute Gasteiger partial charge is 0.426 e. The van der Waals surface area contributed by atoms with Crippen LogP contribution in [0, 0.1) is 0 Å². The Balaban J connectivity index is 1.95. The van der Waals surface area contributed by atoms with Gasteiger partial charge in [-0.3, -0.25) is 9.59 Å². The highest BCUT2D eigenvalue weighted by molar-refractivity contribution is 7.73. The summed E-state index contributed by atoms with van der Waals surface area (Å²) in [7, 11) is -0.560. The number of hydrogen-bond acceptors (Lipinski definition) is 4. The molecular weight excluding hydrogens is 431 g/mol. The van der Waals surface area contributed by atoms with E-state index in [1.54, 1.807) is 0 Å². The number of benzene rings is 3. The lowest BCUT2D eigenvalue weighted by atomic mass is 10.0. The zero-order valence-electron chi connectivity index (χ0n) is 19.5. The Bertz CT molecular complexity index is 987. The molecule has 3 aromatic rings. The summed E-state index contributed by atoms with van der Waals surface area (Å²) >= 11 is 0. The van der Waals surface area contributed by atoms with Crippen LogP contribution in [0.4, 0.5) is 0 Å². The van der Waals surface area contributed by atoms with E-state index in [0.29, 0.717) is 17.9 Å². The maximum absolute atomic E-state index is 11.8. The van der Waals surface area contributed by atoms with Crippen molar-refractivity contribution in [1.82, 2.24) is 0 Å². The van der Waals surface area contributed by atoms with E-state index in [2.05, 4.69) is 55.5 Å². The lowest BCUT2D eigenvalue weighted by molar-refractivity contribution is -0.132. The molecule has 0 amide bonds. The van der Waals surface area contributed by atoms with Gasteiger partial charge in [0, 0.05) is 19.4 Å². The van der Waals surface area contributed by atoms with Crippen LogP contribution in [0.25, 0.3) is 0 Å². The molecule has 172 valence electrons. The van der Waals surface area contributed by atoms with Crippen molar-refractivity contribution in [2.24, 2.45) is 0 Å². The topological polar surface area (TPSA) is 52.6 Å². The van der Waals surface area contributed by atoms with E-state index in [-0.39, 0.29) is 11.9 Å². The van der Waals surface area contributed by atoms with E-state index < -0.39 is 7.92 Å². The summed E-state index contributed by atoms with van der Waals surface area (Å²) < 4.78 is 11.1. The number of ether oxygens (including phenoxy) is 2. The molecule has 0 aliphatic rings. The number of carbonyl (C=O) groups is 2. The van der Waals surface area contributed by atoms with Crippen molar-refractivity contribution in [2.45, 2.75) is 46.5 Å². The summed E-state index contributed by atoms with van der Waals surface area (Å²) in [6.45, 7) is 4.89. The summed E-state index contributed by atoms with van der Waals surface area (Å²) in [5.74, 6) is 0.228. The van der Waals surface area contributed by atoms with E-state index in [9.17, 15) is 9.59 Å². The molecule has 0 heterocycles. The average Bonchev–Trinajstić information content (AvgIpc) is 2.79. The molecule has 0 bridgehead atoms. The number of rotatable bonds is 10. The Kier molecular flexibility index (Phi) is 9.21. The van der Waals surface area contributed by atoms with Gasteiger partial charge >= 0.3 is 11.9 Å². The molecule has 0 fully saturated rings. The predicted octanol–water partition coefficient (Wildman–Crippen LogP) is 5.56. The molecule has 0 aromatic heterocycles. The summed E-state index contributed by atoms with van der Waals surface area (Å²) in [6.07, 6.45) is 4.28. The van der Waals surface area contributed by atoms with Crippen LogP contribution in [-0.4, -0.2) is 18.1 Å². The van der Waals surface area contributed by atoms with Gasteiger partial charge in [-0.25, -0.2) is 0 Å². The van der Waals surface area contributed by atoms with Crippen molar-refractivity contribution in [3.8, 4) is 11.5 Å². The van der Waals surface area contributed by atoms with E-state index in [0.717, 1.165) is 36.6 Å². The zero-order chi connectivity index (χ0) is 23.6. The first-order valence-corrected chi connectivity index (χ1v) is 12.9. The van der Waals surface area contributed by atoms with Gasteiger partial charge < -0.3 is 9.47 Å². The van der Waals surface area contributed by atoms with Crippen molar-refractivity contribution in [3.05, 3.63) is 83.9 Å². The molecule has 0 saturated carbocycles. The van der Waals surface area contributed by atoms with Crippen LogP contribution in [0.2, 0.25) is 0 Å². The van der Waals surface area contributed by atoms with Gasteiger partial charge in [0.15, 0.2) is 0 Å². The number of unbranched alkanes of at least 4 members (excludes halogenated alkanes) is 1. The average molecular weight is 463 g/mol. The zero-order valence-corrected chi connectivity index (χ0v) is 20.4. The van der Waals surface area contributed by atoms with E-state index in [1.165, 1.54) is 24.5 Å². The molecule has 0 aliphatic carbocycles. The molecule has 3 rings (SSSR count). The van der Waals surface area contributed by atoms with Crippen LogP contribution in [-0.2, 0) is 22.4 Å². The normalized spacial score (nSPS) is 10.8. The fraction of sp³-hybridized carbons (Fsp3) is 0.286. The molecule has 3 aromatic carbocycles.